The van der Waals surface area contributed by atoms with Gasteiger partial charge < -0.3 is 10.1 Å². The van der Waals surface area contributed by atoms with Crippen molar-refractivity contribution in [1.82, 2.24) is 5.32 Å². The zero-order valence-electron chi connectivity index (χ0n) is 13.0. The van der Waals surface area contributed by atoms with Gasteiger partial charge in [-0.25, -0.2) is 0 Å². The van der Waals surface area contributed by atoms with Crippen LogP contribution in [0.2, 0.25) is 0 Å². The van der Waals surface area contributed by atoms with Crippen molar-refractivity contribution in [2.45, 2.75) is 26.8 Å². The van der Waals surface area contributed by atoms with Crippen LogP contribution in [0.5, 0.6) is 5.75 Å². The Hall–Kier alpha value is -1.32. The van der Waals surface area contributed by atoms with Gasteiger partial charge >= 0.3 is 0 Å². The molecule has 0 aliphatic heterocycles. The van der Waals surface area contributed by atoms with Crippen molar-refractivity contribution in [2.75, 3.05) is 13.7 Å². The van der Waals surface area contributed by atoms with Crippen molar-refractivity contribution in [2.24, 2.45) is 0 Å². The monoisotopic (exact) mass is 347 g/mol. The van der Waals surface area contributed by atoms with Gasteiger partial charge in [0.25, 0.3) is 0 Å². The van der Waals surface area contributed by atoms with Crippen LogP contribution in [0.4, 0.5) is 0 Å². The van der Waals surface area contributed by atoms with Gasteiger partial charge in [0.2, 0.25) is 0 Å². The number of hydrogen-bond donors (Lipinski definition) is 1. The lowest BCUT2D eigenvalue weighted by molar-refractivity contribution is 0.340. The van der Waals surface area contributed by atoms with E-state index in [2.05, 4.69) is 59.4 Å². The molecule has 0 saturated carbocycles. The third-order valence-corrected chi connectivity index (χ3v) is 4.53. The number of aryl methyl sites for hydroxylation is 2. The van der Waals surface area contributed by atoms with Crippen molar-refractivity contribution < 1.29 is 4.74 Å². The maximum atomic E-state index is 5.51. The van der Waals surface area contributed by atoms with Crippen LogP contribution in [0, 0.1) is 13.8 Å². The molecular formula is C18H22BrNO. The quantitative estimate of drug-likeness (QED) is 0.840. The van der Waals surface area contributed by atoms with Crippen molar-refractivity contribution in [3.63, 3.8) is 0 Å². The number of ether oxygens (including phenoxy) is 1. The highest BCUT2D eigenvalue weighted by Crippen LogP contribution is 2.30. The van der Waals surface area contributed by atoms with E-state index in [9.17, 15) is 0 Å². The van der Waals surface area contributed by atoms with Gasteiger partial charge in [-0.05, 0) is 68.3 Å². The smallest absolute Gasteiger partial charge is 0.119 e. The van der Waals surface area contributed by atoms with E-state index in [-0.39, 0.29) is 6.04 Å². The number of halogens is 1. The van der Waals surface area contributed by atoms with E-state index >= 15 is 0 Å². The molecule has 0 spiro atoms. The second-order valence-corrected chi connectivity index (χ2v) is 6.04. The molecule has 2 aromatic rings. The summed E-state index contributed by atoms with van der Waals surface area (Å²) in [5.74, 6) is 0.916. The van der Waals surface area contributed by atoms with Crippen LogP contribution in [0.15, 0.2) is 40.9 Å². The summed E-state index contributed by atoms with van der Waals surface area (Å²) in [6.07, 6.45) is 0. The van der Waals surface area contributed by atoms with Gasteiger partial charge in [0.05, 0.1) is 12.6 Å². The van der Waals surface area contributed by atoms with E-state index in [1.54, 1.807) is 0 Å². The molecular weight excluding hydrogens is 326 g/mol. The molecule has 0 fully saturated rings. The Morgan fingerprint density at radius 3 is 2.33 bits per heavy atom. The predicted octanol–water partition coefficient (Wildman–Crippen LogP) is 4.77. The topological polar surface area (TPSA) is 21.3 Å². The summed E-state index contributed by atoms with van der Waals surface area (Å²) in [4.78, 5) is 0. The third-order valence-electron chi connectivity index (χ3n) is 3.67. The molecule has 21 heavy (non-hydrogen) atoms. The van der Waals surface area contributed by atoms with Gasteiger partial charge in [0, 0.05) is 4.47 Å². The van der Waals surface area contributed by atoms with Crippen molar-refractivity contribution in [1.29, 1.82) is 0 Å². The first-order chi connectivity index (χ1) is 10.1. The summed E-state index contributed by atoms with van der Waals surface area (Å²) in [5, 5.41) is 3.42. The Balaban J connectivity index is 2.37. The van der Waals surface area contributed by atoms with Crippen LogP contribution in [0.3, 0.4) is 0 Å². The lowest BCUT2D eigenvalue weighted by Gasteiger charge is -2.21. The first-order valence-corrected chi connectivity index (χ1v) is 8.02. The van der Waals surface area contributed by atoms with Gasteiger partial charge in [0.15, 0.2) is 0 Å². The minimum absolute atomic E-state index is 0.187. The molecule has 0 aliphatic rings. The lowest BCUT2D eigenvalue weighted by Crippen LogP contribution is -2.19. The average molecular weight is 348 g/mol. The molecule has 0 heterocycles. The minimum Gasteiger partial charge on any atom is -0.494 e. The van der Waals surface area contributed by atoms with E-state index in [4.69, 9.17) is 4.74 Å². The second kappa shape index (κ2) is 7.10. The highest BCUT2D eigenvalue weighted by molar-refractivity contribution is 9.10. The highest BCUT2D eigenvalue weighted by atomic mass is 79.9. The van der Waals surface area contributed by atoms with Crippen LogP contribution in [-0.4, -0.2) is 13.7 Å². The van der Waals surface area contributed by atoms with Gasteiger partial charge in [0.1, 0.15) is 5.75 Å². The van der Waals surface area contributed by atoms with Gasteiger partial charge in [-0.15, -0.1) is 0 Å². The van der Waals surface area contributed by atoms with Gasteiger partial charge in [-0.1, -0.05) is 34.1 Å². The predicted molar refractivity (Wildman–Crippen MR) is 92.1 cm³/mol. The van der Waals surface area contributed by atoms with Gasteiger partial charge in [-0.3, -0.25) is 0 Å². The summed E-state index contributed by atoms with van der Waals surface area (Å²) in [6, 6.07) is 12.9. The molecule has 0 amide bonds. The molecule has 0 bridgehead atoms. The fourth-order valence-corrected chi connectivity index (χ4v) is 3.00. The Morgan fingerprint density at radius 1 is 1.10 bits per heavy atom. The van der Waals surface area contributed by atoms with E-state index in [0.717, 1.165) is 10.2 Å². The molecule has 1 atom stereocenters. The zero-order chi connectivity index (χ0) is 15.4. The Morgan fingerprint density at radius 2 is 1.76 bits per heavy atom. The Kier molecular flexibility index (Phi) is 5.43. The van der Waals surface area contributed by atoms with E-state index in [1.165, 1.54) is 22.3 Å². The van der Waals surface area contributed by atoms with Crippen molar-refractivity contribution >= 4 is 15.9 Å². The largest absolute Gasteiger partial charge is 0.494 e. The third kappa shape index (κ3) is 3.66. The molecule has 0 aromatic heterocycles. The highest BCUT2D eigenvalue weighted by Gasteiger charge is 2.15. The maximum absolute atomic E-state index is 5.51. The summed E-state index contributed by atoms with van der Waals surface area (Å²) in [7, 11) is 2.00. The lowest BCUT2D eigenvalue weighted by atomic mass is 9.93. The van der Waals surface area contributed by atoms with Gasteiger partial charge in [-0.2, -0.15) is 0 Å². The summed E-state index contributed by atoms with van der Waals surface area (Å²) >= 11 is 3.60. The van der Waals surface area contributed by atoms with E-state index in [1.807, 2.05) is 26.1 Å². The van der Waals surface area contributed by atoms with Crippen molar-refractivity contribution in [3.05, 3.63) is 63.1 Å². The molecule has 1 unspecified atom stereocenters. The zero-order valence-corrected chi connectivity index (χ0v) is 14.6. The minimum atomic E-state index is 0.187. The Bertz CT molecular complexity index is 607. The standard InChI is InChI=1S/C18H22BrNO/c1-5-21-15-8-6-14(7-9-15)18(20-4)16-10-13(3)17(19)11-12(16)2/h6-11,18,20H,5H2,1-4H3. The number of hydrogen-bond acceptors (Lipinski definition) is 2. The van der Waals surface area contributed by atoms with Crippen LogP contribution in [0.25, 0.3) is 0 Å². The normalized spacial score (nSPS) is 12.2. The molecule has 2 aromatic carbocycles. The SMILES string of the molecule is CCOc1ccc(C(NC)c2cc(C)c(Br)cc2C)cc1. The summed E-state index contributed by atoms with van der Waals surface area (Å²) in [5.41, 5.74) is 5.08. The first kappa shape index (κ1) is 16.1. The second-order valence-electron chi connectivity index (χ2n) is 5.18. The number of rotatable bonds is 5. The average Bonchev–Trinajstić information content (AvgIpc) is 2.47. The summed E-state index contributed by atoms with van der Waals surface area (Å²) < 4.78 is 6.67. The molecule has 112 valence electrons. The molecule has 0 aliphatic carbocycles. The fourth-order valence-electron chi connectivity index (χ4n) is 2.54. The molecule has 2 rings (SSSR count). The van der Waals surface area contributed by atoms with Crippen LogP contribution in [0.1, 0.15) is 35.2 Å². The van der Waals surface area contributed by atoms with E-state index < -0.39 is 0 Å². The molecule has 0 saturated heterocycles. The molecule has 0 radical (unpaired) electrons. The van der Waals surface area contributed by atoms with Crippen LogP contribution < -0.4 is 10.1 Å². The van der Waals surface area contributed by atoms with Crippen molar-refractivity contribution in [3.8, 4) is 5.75 Å². The maximum Gasteiger partial charge on any atom is 0.119 e. The molecule has 1 N–H and O–H groups in total. The van der Waals surface area contributed by atoms with Crippen LogP contribution in [-0.2, 0) is 0 Å². The summed E-state index contributed by atoms with van der Waals surface area (Å²) in [6.45, 7) is 6.97. The molecule has 2 nitrogen and oxygen atoms in total. The first-order valence-electron chi connectivity index (χ1n) is 7.23. The van der Waals surface area contributed by atoms with E-state index in [0.29, 0.717) is 6.61 Å². The number of nitrogens with one attached hydrogen (secondary N) is 1. The number of benzene rings is 2. The molecule has 3 heteroatoms. The fraction of sp³-hybridized carbons (Fsp3) is 0.333. The van der Waals surface area contributed by atoms with Crippen LogP contribution >= 0.6 is 15.9 Å². The Labute approximate surface area is 135 Å².